The molecule has 0 fully saturated rings. The van der Waals surface area contributed by atoms with Crippen molar-refractivity contribution in [1.82, 2.24) is 14.6 Å². The standard InChI is InChI=1S/C19H15N3O5S/c1-3-25-15-9-12(6-7-13(15)27-11(2)23)10-16-18(24)22-19(28-16)20-17(21-22)14-5-4-8-26-14/h4-10H,3H2,1-2H3/b16-10-. The van der Waals surface area contributed by atoms with Crippen LogP contribution < -0.4 is 19.6 Å². The monoisotopic (exact) mass is 397 g/mol. The molecule has 0 radical (unpaired) electrons. The average Bonchev–Trinajstić information content (AvgIpc) is 3.36. The number of nitrogens with zero attached hydrogens (tertiary/aromatic N) is 3. The molecule has 0 spiro atoms. The van der Waals surface area contributed by atoms with Crippen molar-refractivity contribution >= 4 is 28.3 Å². The zero-order valence-electron chi connectivity index (χ0n) is 15.0. The highest BCUT2D eigenvalue weighted by molar-refractivity contribution is 7.15. The highest BCUT2D eigenvalue weighted by Gasteiger charge is 2.14. The van der Waals surface area contributed by atoms with Crippen LogP contribution in [0.2, 0.25) is 0 Å². The lowest BCUT2D eigenvalue weighted by Crippen LogP contribution is -2.23. The summed E-state index contributed by atoms with van der Waals surface area (Å²) < 4.78 is 17.7. The Morgan fingerprint density at radius 1 is 1.32 bits per heavy atom. The van der Waals surface area contributed by atoms with Gasteiger partial charge in [-0.05, 0) is 42.8 Å². The molecule has 0 aliphatic carbocycles. The van der Waals surface area contributed by atoms with Crippen molar-refractivity contribution < 1.29 is 18.7 Å². The third-order valence-corrected chi connectivity index (χ3v) is 4.70. The number of benzene rings is 1. The molecule has 0 N–H and O–H groups in total. The predicted octanol–water partition coefficient (Wildman–Crippen LogP) is 2.28. The molecule has 28 heavy (non-hydrogen) atoms. The molecule has 4 rings (SSSR count). The Morgan fingerprint density at radius 2 is 2.18 bits per heavy atom. The largest absolute Gasteiger partial charge is 0.490 e. The zero-order chi connectivity index (χ0) is 19.7. The number of aromatic nitrogens is 3. The second-order valence-corrected chi connectivity index (χ2v) is 6.76. The zero-order valence-corrected chi connectivity index (χ0v) is 15.9. The van der Waals surface area contributed by atoms with Gasteiger partial charge in [0, 0.05) is 6.92 Å². The quantitative estimate of drug-likeness (QED) is 0.376. The van der Waals surface area contributed by atoms with Crippen LogP contribution in [0.5, 0.6) is 11.5 Å². The van der Waals surface area contributed by atoms with Crippen molar-refractivity contribution in [3.8, 4) is 23.1 Å². The number of rotatable bonds is 5. The average molecular weight is 397 g/mol. The van der Waals surface area contributed by atoms with E-state index in [0.717, 1.165) is 5.56 Å². The molecule has 0 unspecified atom stereocenters. The van der Waals surface area contributed by atoms with Gasteiger partial charge in [-0.1, -0.05) is 17.4 Å². The van der Waals surface area contributed by atoms with Gasteiger partial charge in [-0.2, -0.15) is 9.50 Å². The molecule has 142 valence electrons. The number of hydrogen-bond donors (Lipinski definition) is 0. The van der Waals surface area contributed by atoms with Crippen LogP contribution in [0, 0.1) is 0 Å². The predicted molar refractivity (Wildman–Crippen MR) is 103 cm³/mol. The summed E-state index contributed by atoms with van der Waals surface area (Å²) in [5, 5.41) is 4.22. The van der Waals surface area contributed by atoms with E-state index in [9.17, 15) is 9.59 Å². The molecule has 0 aliphatic heterocycles. The molecular formula is C19H15N3O5S. The molecule has 1 aromatic carbocycles. The summed E-state index contributed by atoms with van der Waals surface area (Å²) in [6.45, 7) is 3.57. The Morgan fingerprint density at radius 3 is 2.86 bits per heavy atom. The maximum atomic E-state index is 12.6. The van der Waals surface area contributed by atoms with Gasteiger partial charge in [0.1, 0.15) is 0 Å². The summed E-state index contributed by atoms with van der Waals surface area (Å²) in [5.74, 6) is 1.20. The molecule has 3 heterocycles. The van der Waals surface area contributed by atoms with Crippen LogP contribution in [0.1, 0.15) is 19.4 Å². The van der Waals surface area contributed by atoms with Crippen LogP contribution in [-0.2, 0) is 4.79 Å². The van der Waals surface area contributed by atoms with E-state index in [2.05, 4.69) is 10.1 Å². The minimum atomic E-state index is -0.433. The molecular weight excluding hydrogens is 382 g/mol. The molecule has 0 aliphatic rings. The number of thiazole rings is 1. The van der Waals surface area contributed by atoms with Gasteiger partial charge in [0.25, 0.3) is 5.56 Å². The van der Waals surface area contributed by atoms with Gasteiger partial charge in [-0.15, -0.1) is 5.10 Å². The third-order valence-electron chi connectivity index (χ3n) is 3.74. The number of furan rings is 1. The fourth-order valence-corrected chi connectivity index (χ4v) is 3.52. The van der Waals surface area contributed by atoms with Gasteiger partial charge < -0.3 is 13.9 Å². The summed E-state index contributed by atoms with van der Waals surface area (Å²) in [4.78, 5) is 28.7. The summed E-state index contributed by atoms with van der Waals surface area (Å²) in [5.41, 5.74) is 0.458. The summed E-state index contributed by atoms with van der Waals surface area (Å²) in [6.07, 6.45) is 3.24. The topological polar surface area (TPSA) is 95.9 Å². The lowest BCUT2D eigenvalue weighted by Gasteiger charge is -2.10. The van der Waals surface area contributed by atoms with E-state index in [1.165, 1.54) is 29.0 Å². The second kappa shape index (κ2) is 7.28. The first kappa shape index (κ1) is 17.9. The van der Waals surface area contributed by atoms with Crippen molar-refractivity contribution in [2.45, 2.75) is 13.8 Å². The van der Waals surface area contributed by atoms with Crippen molar-refractivity contribution in [2.24, 2.45) is 0 Å². The lowest BCUT2D eigenvalue weighted by atomic mass is 10.2. The van der Waals surface area contributed by atoms with Gasteiger partial charge in [0.15, 0.2) is 17.3 Å². The smallest absolute Gasteiger partial charge is 0.308 e. The highest BCUT2D eigenvalue weighted by Crippen LogP contribution is 2.29. The number of esters is 1. The van der Waals surface area contributed by atoms with Crippen molar-refractivity contribution in [2.75, 3.05) is 6.61 Å². The molecule has 8 nitrogen and oxygen atoms in total. The fourth-order valence-electron chi connectivity index (χ4n) is 2.62. The number of fused-ring (bicyclic) bond motifs is 1. The molecule has 4 aromatic rings. The first-order valence-corrected chi connectivity index (χ1v) is 9.27. The molecule has 0 saturated heterocycles. The highest BCUT2D eigenvalue weighted by atomic mass is 32.1. The van der Waals surface area contributed by atoms with Gasteiger partial charge >= 0.3 is 5.97 Å². The summed E-state index contributed by atoms with van der Waals surface area (Å²) in [6, 6.07) is 8.55. The second-order valence-electron chi connectivity index (χ2n) is 5.76. The van der Waals surface area contributed by atoms with Crippen molar-refractivity contribution in [3.05, 3.63) is 57.0 Å². The Bertz CT molecular complexity index is 1260. The molecule has 0 saturated carbocycles. The Hall–Kier alpha value is -3.46. The Balaban J connectivity index is 1.74. The SMILES string of the molecule is CCOc1cc(/C=c2\sc3nc(-c4ccco4)nn3c2=O)ccc1OC(C)=O. The minimum Gasteiger partial charge on any atom is -0.490 e. The van der Waals surface area contributed by atoms with Gasteiger partial charge in [-0.25, -0.2) is 0 Å². The van der Waals surface area contributed by atoms with Crippen LogP contribution in [0.4, 0.5) is 0 Å². The van der Waals surface area contributed by atoms with Gasteiger partial charge in [0.2, 0.25) is 10.8 Å². The molecule has 0 amide bonds. The number of ether oxygens (including phenoxy) is 2. The number of carbonyl (C=O) groups excluding carboxylic acids is 1. The van der Waals surface area contributed by atoms with Gasteiger partial charge in [0.05, 0.1) is 17.4 Å². The molecule has 0 bridgehead atoms. The van der Waals surface area contributed by atoms with E-state index in [0.29, 0.717) is 39.2 Å². The molecule has 9 heteroatoms. The van der Waals surface area contributed by atoms with Crippen LogP contribution in [0.15, 0.2) is 45.8 Å². The van der Waals surface area contributed by atoms with E-state index in [1.54, 1.807) is 36.4 Å². The first-order chi connectivity index (χ1) is 13.5. The molecule has 0 atom stereocenters. The maximum absolute atomic E-state index is 12.6. The third kappa shape index (κ3) is 3.39. The molecule has 3 aromatic heterocycles. The number of hydrogen-bond acceptors (Lipinski definition) is 8. The lowest BCUT2D eigenvalue weighted by molar-refractivity contribution is -0.132. The maximum Gasteiger partial charge on any atom is 0.308 e. The van der Waals surface area contributed by atoms with E-state index in [-0.39, 0.29) is 5.56 Å². The van der Waals surface area contributed by atoms with Crippen LogP contribution in [-0.4, -0.2) is 27.2 Å². The fraction of sp³-hybridized carbons (Fsp3) is 0.158. The Labute approximate surface area is 162 Å². The van der Waals surface area contributed by atoms with E-state index < -0.39 is 5.97 Å². The van der Waals surface area contributed by atoms with Crippen molar-refractivity contribution in [3.63, 3.8) is 0 Å². The summed E-state index contributed by atoms with van der Waals surface area (Å²) >= 11 is 1.22. The van der Waals surface area contributed by atoms with Gasteiger partial charge in [-0.3, -0.25) is 9.59 Å². The Kier molecular flexibility index (Phi) is 4.66. The van der Waals surface area contributed by atoms with Crippen LogP contribution in [0.3, 0.4) is 0 Å². The van der Waals surface area contributed by atoms with E-state index in [4.69, 9.17) is 13.9 Å². The first-order valence-electron chi connectivity index (χ1n) is 8.45. The summed E-state index contributed by atoms with van der Waals surface area (Å²) in [7, 11) is 0. The van der Waals surface area contributed by atoms with E-state index in [1.807, 2.05) is 6.92 Å². The normalized spacial score (nSPS) is 11.9. The van der Waals surface area contributed by atoms with Crippen LogP contribution >= 0.6 is 11.3 Å². The minimum absolute atomic E-state index is 0.271. The van der Waals surface area contributed by atoms with Crippen molar-refractivity contribution in [1.29, 1.82) is 0 Å². The number of carbonyl (C=O) groups is 1. The van der Waals surface area contributed by atoms with Crippen LogP contribution in [0.25, 0.3) is 22.6 Å². The van der Waals surface area contributed by atoms with E-state index >= 15 is 0 Å².